The van der Waals surface area contributed by atoms with Gasteiger partial charge in [0.05, 0.1) is 18.6 Å². The molecular weight excluding hydrogens is 414 g/mol. The van der Waals surface area contributed by atoms with Crippen molar-refractivity contribution in [1.82, 2.24) is 19.7 Å². The first-order chi connectivity index (χ1) is 20.8. The van der Waals surface area contributed by atoms with Gasteiger partial charge in [0.2, 0.25) is 16.0 Å². The van der Waals surface area contributed by atoms with E-state index >= 15 is 0 Å². The van der Waals surface area contributed by atoms with Crippen molar-refractivity contribution >= 4 is 44.1 Å². The Morgan fingerprint density at radius 3 is 2.84 bits per heavy atom. The van der Waals surface area contributed by atoms with Gasteiger partial charge in [-0.3, -0.25) is 4.68 Å². The van der Waals surface area contributed by atoms with Crippen LogP contribution in [0.5, 0.6) is 0 Å². The number of aryl methyl sites for hydroxylation is 2. The van der Waals surface area contributed by atoms with Crippen LogP contribution < -0.4 is 15.4 Å². The molecule has 0 unspecified atom stereocenters. The summed E-state index contributed by atoms with van der Waals surface area (Å²) in [7, 11) is -3.64. The summed E-state index contributed by atoms with van der Waals surface area (Å²) in [5.74, 6) is -1.58. The lowest BCUT2D eigenvalue weighted by Gasteiger charge is -2.19. The van der Waals surface area contributed by atoms with Gasteiger partial charge in [-0.1, -0.05) is 6.04 Å². The second kappa shape index (κ2) is 7.64. The molecule has 0 atom stereocenters. The zero-order valence-electron chi connectivity index (χ0n) is 30.7. The number of nitrogens with zero attached hydrogens (tertiary/aromatic N) is 5. The number of hydrogen-bond acceptors (Lipinski definition) is 7. The van der Waals surface area contributed by atoms with Crippen molar-refractivity contribution in [3.05, 3.63) is 59.8 Å². The molecular formula is C21H23N7O2S. The third-order valence-corrected chi connectivity index (χ3v) is 4.91. The van der Waals surface area contributed by atoms with Crippen molar-refractivity contribution < 1.29 is 29.0 Å². The maximum Gasteiger partial charge on any atom is 0.238 e. The van der Waals surface area contributed by atoms with Crippen molar-refractivity contribution in [2.45, 2.75) is 18.6 Å². The number of fused-ring (bicyclic) bond motifs is 1. The minimum absolute atomic E-state index is 0.0300. The highest BCUT2D eigenvalue weighted by molar-refractivity contribution is 7.89. The van der Waals surface area contributed by atoms with Gasteiger partial charge in [-0.05, 0) is 55.6 Å². The Kier molecular flexibility index (Phi) is 2.30. The van der Waals surface area contributed by atoms with Crippen molar-refractivity contribution in [1.29, 1.82) is 0 Å². The molecule has 0 fully saturated rings. The number of sulfonamides is 1. The van der Waals surface area contributed by atoms with Crippen LogP contribution in [0.2, 0.25) is 0 Å². The van der Waals surface area contributed by atoms with E-state index in [4.69, 9.17) is 25.7 Å². The topological polar surface area (TPSA) is 119 Å². The molecule has 9 nitrogen and oxygen atoms in total. The van der Waals surface area contributed by atoms with E-state index in [1.807, 2.05) is 0 Å². The van der Waals surface area contributed by atoms with Crippen molar-refractivity contribution in [2.24, 2.45) is 12.2 Å². The number of nitrogens with two attached hydrogens (primary N) is 1. The summed E-state index contributed by atoms with van der Waals surface area (Å²) < 4.78 is 146. The zero-order valence-corrected chi connectivity index (χ0v) is 16.5. The Bertz CT molecular complexity index is 2000. The Hall–Kier alpha value is -3.50. The molecule has 4 aromatic rings. The first-order valence-corrected chi connectivity index (χ1v) is 9.89. The summed E-state index contributed by atoms with van der Waals surface area (Å²) >= 11 is 0. The highest BCUT2D eigenvalue weighted by Crippen LogP contribution is 2.28. The molecule has 2 aromatic heterocycles. The van der Waals surface area contributed by atoms with E-state index in [0.717, 1.165) is 10.7 Å². The molecule has 3 N–H and O–H groups in total. The molecule has 10 heteroatoms. The van der Waals surface area contributed by atoms with Crippen LogP contribution in [0.15, 0.2) is 53.4 Å². The molecule has 0 saturated carbocycles. The van der Waals surface area contributed by atoms with Crippen LogP contribution in [0.25, 0.3) is 10.9 Å². The van der Waals surface area contributed by atoms with E-state index in [1.165, 1.54) is 13.1 Å². The van der Waals surface area contributed by atoms with E-state index in [-0.39, 0.29) is 16.6 Å². The molecule has 0 aliphatic heterocycles. The highest BCUT2D eigenvalue weighted by atomic mass is 32.2. The Morgan fingerprint density at radius 1 is 1.23 bits per heavy atom. The number of primary sulfonamides is 1. The lowest BCUT2D eigenvalue weighted by Crippen LogP contribution is -2.14. The number of nitrogens with one attached hydrogen (secondary N) is 1. The predicted molar refractivity (Wildman–Crippen MR) is 121 cm³/mol. The van der Waals surface area contributed by atoms with Gasteiger partial charge in [0.15, 0.2) is 0 Å². The fraction of sp³-hybridized carbons (Fsp3) is 0.190. The number of benzene rings is 2. The predicted octanol–water partition coefficient (Wildman–Crippen LogP) is 3.14. The summed E-state index contributed by atoms with van der Waals surface area (Å²) in [5, 5.41) is 11.5. The molecule has 0 saturated heterocycles. The molecule has 0 bridgehead atoms. The molecule has 0 aliphatic rings. The van der Waals surface area contributed by atoms with Crippen LogP contribution >= 0.6 is 0 Å². The fourth-order valence-electron chi connectivity index (χ4n) is 2.58. The molecule has 2 heterocycles. The van der Waals surface area contributed by atoms with Crippen molar-refractivity contribution in [3.63, 3.8) is 0 Å². The molecule has 0 radical (unpaired) electrons. The second-order valence-corrected chi connectivity index (χ2v) is 7.64. The summed E-state index contributed by atoms with van der Waals surface area (Å²) in [6, 6.07) is -2.42. The number of anilines is 4. The molecule has 0 amide bonds. The average molecular weight is 453 g/mol. The van der Waals surface area contributed by atoms with E-state index in [2.05, 4.69) is 20.4 Å². The SMILES string of the molecule is [2H]c1nc(Nc2c([2H])c([2H])c(C([2H])([2H])[2H])c(S(N)(=O)=O)c2[2H])nc(N(c2ccc3c(C([2H])([2H])[2H])n(C)nc3c2[2H])C([2H])([2H])[2H])c1[2H]. The van der Waals surface area contributed by atoms with Gasteiger partial charge < -0.3 is 10.2 Å². The Labute approximate surface area is 201 Å². The van der Waals surface area contributed by atoms with E-state index in [1.54, 1.807) is 0 Å². The normalized spacial score (nSPS) is 19.9. The van der Waals surface area contributed by atoms with E-state index in [0.29, 0.717) is 4.90 Å². The van der Waals surface area contributed by atoms with Crippen LogP contribution in [0.3, 0.4) is 0 Å². The lowest BCUT2D eigenvalue weighted by molar-refractivity contribution is 0.597. The zero-order chi connectivity index (χ0) is 35.1. The van der Waals surface area contributed by atoms with Crippen molar-refractivity contribution in [3.8, 4) is 0 Å². The number of rotatable bonds is 5. The van der Waals surface area contributed by atoms with Crippen molar-refractivity contribution in [2.75, 3.05) is 17.2 Å². The average Bonchev–Trinajstić information content (AvgIpc) is 3.23. The molecule has 4 rings (SSSR count). The monoisotopic (exact) mass is 452 g/mol. The van der Waals surface area contributed by atoms with Gasteiger partial charge in [0, 0.05) is 55.0 Å². The molecule has 0 aliphatic carbocycles. The minimum atomic E-state index is -4.97. The summed E-state index contributed by atoms with van der Waals surface area (Å²) in [4.78, 5) is 6.75. The van der Waals surface area contributed by atoms with Crippen LogP contribution in [0.1, 0.15) is 31.8 Å². The number of aromatic nitrogens is 4. The van der Waals surface area contributed by atoms with E-state index in [9.17, 15) is 8.42 Å². The van der Waals surface area contributed by atoms with Gasteiger partial charge >= 0.3 is 0 Å². The van der Waals surface area contributed by atoms with Crippen LogP contribution in [0.4, 0.5) is 23.1 Å². The molecule has 31 heavy (non-hydrogen) atoms. The summed E-state index contributed by atoms with van der Waals surface area (Å²) in [6.45, 7) is -9.13. The Morgan fingerprint density at radius 2 is 2.10 bits per heavy atom. The first-order valence-electron chi connectivity index (χ1n) is 15.8. The van der Waals surface area contributed by atoms with E-state index < -0.39 is 101 Å². The third-order valence-electron chi connectivity index (χ3n) is 4.03. The second-order valence-electron chi connectivity index (χ2n) is 6.15. The third kappa shape index (κ3) is 4.07. The van der Waals surface area contributed by atoms with Gasteiger partial charge in [0.25, 0.3) is 0 Å². The maximum atomic E-state index is 12.3. The Balaban J connectivity index is 1.97. The lowest BCUT2D eigenvalue weighted by atomic mass is 10.2. The van der Waals surface area contributed by atoms with Gasteiger partial charge in [0.1, 0.15) is 5.82 Å². The minimum Gasteiger partial charge on any atom is -0.329 e. The molecule has 2 aromatic carbocycles. The smallest absolute Gasteiger partial charge is 0.238 e. The standard InChI is InChI=1S/C21H23N7O2S/c1-13-5-6-15(11-19(13)31(22,29)30)24-21-23-10-9-20(25-21)27(3)16-7-8-17-14(2)28(4)26-18(17)12-16/h5-12H,1-4H3,(H2,22,29,30)(H,23,24,25)/i1D3,2D3,3D3,5D,6D,9D,10D,11D,12D. The van der Waals surface area contributed by atoms with Crippen LogP contribution in [-0.4, -0.2) is 35.1 Å². The largest absolute Gasteiger partial charge is 0.329 e. The summed E-state index contributed by atoms with van der Waals surface area (Å²) in [5.41, 5.74) is -2.87. The molecule has 160 valence electrons. The van der Waals surface area contributed by atoms with Gasteiger partial charge in [-0.2, -0.15) is 10.1 Å². The highest BCUT2D eigenvalue weighted by Gasteiger charge is 2.14. The quantitative estimate of drug-likeness (QED) is 0.477. The molecule has 0 spiro atoms. The maximum absolute atomic E-state index is 12.3. The van der Waals surface area contributed by atoms with Crippen LogP contribution in [0, 0.1) is 13.7 Å². The fourth-order valence-corrected chi connectivity index (χ4v) is 3.16. The van der Waals surface area contributed by atoms with Gasteiger partial charge in [-0.25, -0.2) is 18.5 Å². The first kappa shape index (κ1) is 9.33. The van der Waals surface area contributed by atoms with Crippen LogP contribution in [-0.2, 0) is 17.1 Å². The number of hydrogen-bond donors (Lipinski definition) is 2. The summed E-state index contributed by atoms with van der Waals surface area (Å²) in [6.07, 6.45) is -0.910. The van der Waals surface area contributed by atoms with Gasteiger partial charge in [-0.15, -0.1) is 0 Å².